The normalized spacial score (nSPS) is 13.2. The van der Waals surface area contributed by atoms with Crippen LogP contribution in [0.15, 0.2) is 85.1 Å². The third kappa shape index (κ3) is 12.1. The summed E-state index contributed by atoms with van der Waals surface area (Å²) in [6.45, 7) is 6.05. The highest BCUT2D eigenvalue weighted by atomic mass is 16.5. The van der Waals surface area contributed by atoms with E-state index in [1.54, 1.807) is 72.8 Å². The lowest BCUT2D eigenvalue weighted by molar-refractivity contribution is -0.123. The summed E-state index contributed by atoms with van der Waals surface area (Å²) >= 11 is 0. The van der Waals surface area contributed by atoms with Crippen LogP contribution in [0.4, 0.5) is 5.69 Å². The first-order valence-corrected chi connectivity index (χ1v) is 17.1. The van der Waals surface area contributed by atoms with Gasteiger partial charge in [0.05, 0.1) is 18.7 Å². The van der Waals surface area contributed by atoms with Gasteiger partial charge in [-0.15, -0.1) is 0 Å². The van der Waals surface area contributed by atoms with Gasteiger partial charge >= 0.3 is 5.97 Å². The smallest absolute Gasteiger partial charge is 0.343 e. The Morgan fingerprint density at radius 3 is 2.12 bits per heavy atom. The second-order valence-corrected chi connectivity index (χ2v) is 12.4. The van der Waals surface area contributed by atoms with Crippen molar-refractivity contribution in [1.29, 1.82) is 0 Å². The van der Waals surface area contributed by atoms with Crippen molar-refractivity contribution in [3.05, 3.63) is 102 Å². The number of nitrogens with one attached hydrogen (secondary N) is 3. The van der Waals surface area contributed by atoms with Crippen molar-refractivity contribution in [2.45, 2.75) is 77.2 Å². The zero-order chi connectivity index (χ0) is 35.0. The number of esters is 1. The Bertz CT molecular complexity index is 1550. The molecule has 3 amide bonds. The molecule has 3 aromatic carbocycles. The average Bonchev–Trinajstić information content (AvgIpc) is 3.65. The van der Waals surface area contributed by atoms with Gasteiger partial charge in [0.25, 0.3) is 5.91 Å². The zero-order valence-electron chi connectivity index (χ0n) is 28.2. The van der Waals surface area contributed by atoms with Crippen molar-refractivity contribution in [1.82, 2.24) is 10.6 Å². The molecule has 0 spiro atoms. The fourth-order valence-electron chi connectivity index (χ4n) is 5.58. The molecule has 1 aliphatic rings. The van der Waals surface area contributed by atoms with Crippen LogP contribution >= 0.6 is 0 Å². The number of unbranched alkanes of at least 4 members (excludes halogenated alkanes) is 4. The number of aliphatic hydroxyl groups is 1. The Hall–Kier alpha value is -5.12. The molecule has 0 unspecified atom stereocenters. The SMILES string of the molecule is C=C(O)CNC(=O)[C@H](Cc1ccc(OC(=O)c2ccc(OCCCCCCC)cc2)cc1)NC(=O)c1ccc(NC(=O)C2CCCC2)cc1. The molecule has 1 saturated carbocycles. The van der Waals surface area contributed by atoms with Gasteiger partial charge in [-0.05, 0) is 85.5 Å². The lowest BCUT2D eigenvalue weighted by atomic mass is 10.0. The summed E-state index contributed by atoms with van der Waals surface area (Å²) in [5, 5.41) is 17.7. The van der Waals surface area contributed by atoms with E-state index in [0.717, 1.165) is 38.5 Å². The molecule has 0 radical (unpaired) electrons. The number of aliphatic hydroxyl groups excluding tert-OH is 1. The monoisotopic (exact) mass is 669 g/mol. The minimum atomic E-state index is -0.987. The van der Waals surface area contributed by atoms with Crippen LogP contribution < -0.4 is 25.4 Å². The third-order valence-electron chi connectivity index (χ3n) is 8.41. The summed E-state index contributed by atoms with van der Waals surface area (Å²) < 4.78 is 11.3. The third-order valence-corrected chi connectivity index (χ3v) is 8.41. The number of ether oxygens (including phenoxy) is 2. The van der Waals surface area contributed by atoms with Crippen molar-refractivity contribution in [2.75, 3.05) is 18.5 Å². The van der Waals surface area contributed by atoms with Gasteiger partial charge in [-0.25, -0.2) is 4.79 Å². The number of anilines is 1. The van der Waals surface area contributed by atoms with Crippen LogP contribution in [0, 0.1) is 5.92 Å². The number of carbonyl (C=O) groups is 4. The van der Waals surface area contributed by atoms with E-state index in [2.05, 4.69) is 29.5 Å². The minimum Gasteiger partial charge on any atom is -0.511 e. The second kappa shape index (κ2) is 19.0. The molecule has 260 valence electrons. The van der Waals surface area contributed by atoms with Crippen molar-refractivity contribution in [2.24, 2.45) is 5.92 Å². The van der Waals surface area contributed by atoms with E-state index in [-0.39, 0.29) is 30.5 Å². The molecule has 0 saturated heterocycles. The lowest BCUT2D eigenvalue weighted by Gasteiger charge is -2.19. The van der Waals surface area contributed by atoms with E-state index in [9.17, 15) is 24.3 Å². The quantitative estimate of drug-likeness (QED) is 0.0499. The summed E-state index contributed by atoms with van der Waals surface area (Å²) in [4.78, 5) is 51.4. The second-order valence-electron chi connectivity index (χ2n) is 12.4. The van der Waals surface area contributed by atoms with Gasteiger partial charge in [0, 0.05) is 23.6 Å². The highest BCUT2D eigenvalue weighted by molar-refractivity contribution is 5.98. The zero-order valence-corrected chi connectivity index (χ0v) is 28.2. The van der Waals surface area contributed by atoms with Gasteiger partial charge in [0.2, 0.25) is 11.8 Å². The van der Waals surface area contributed by atoms with E-state index in [4.69, 9.17) is 9.47 Å². The van der Waals surface area contributed by atoms with Crippen LogP contribution in [0.1, 0.15) is 91.0 Å². The van der Waals surface area contributed by atoms with E-state index in [0.29, 0.717) is 40.5 Å². The minimum absolute atomic E-state index is 0.0134. The molecule has 0 bridgehead atoms. The van der Waals surface area contributed by atoms with Crippen molar-refractivity contribution >= 4 is 29.4 Å². The van der Waals surface area contributed by atoms with Gasteiger partial charge < -0.3 is 30.5 Å². The van der Waals surface area contributed by atoms with Crippen LogP contribution in [-0.2, 0) is 16.0 Å². The van der Waals surface area contributed by atoms with E-state index < -0.39 is 23.8 Å². The van der Waals surface area contributed by atoms with E-state index >= 15 is 0 Å². The first-order valence-electron chi connectivity index (χ1n) is 17.1. The Labute approximate surface area is 288 Å². The maximum Gasteiger partial charge on any atom is 0.343 e. The Kier molecular flexibility index (Phi) is 14.3. The molecule has 49 heavy (non-hydrogen) atoms. The first-order chi connectivity index (χ1) is 23.7. The molecule has 0 aromatic heterocycles. The highest BCUT2D eigenvalue weighted by Crippen LogP contribution is 2.26. The topological polar surface area (TPSA) is 143 Å². The Balaban J connectivity index is 1.32. The van der Waals surface area contributed by atoms with Gasteiger partial charge in [-0.1, -0.05) is 64.2 Å². The van der Waals surface area contributed by atoms with Crippen LogP contribution in [0.2, 0.25) is 0 Å². The molecule has 10 heteroatoms. The number of rotatable bonds is 18. The predicted octanol–water partition coefficient (Wildman–Crippen LogP) is 6.91. The molecule has 1 aliphatic carbocycles. The van der Waals surface area contributed by atoms with Crippen molar-refractivity contribution in [3.63, 3.8) is 0 Å². The predicted molar refractivity (Wildman–Crippen MR) is 189 cm³/mol. The van der Waals surface area contributed by atoms with E-state index in [1.807, 2.05) is 0 Å². The van der Waals surface area contributed by atoms with Crippen LogP contribution in [-0.4, -0.2) is 48.0 Å². The summed E-state index contributed by atoms with van der Waals surface area (Å²) in [7, 11) is 0. The van der Waals surface area contributed by atoms with Crippen molar-refractivity contribution in [3.8, 4) is 11.5 Å². The van der Waals surface area contributed by atoms with E-state index in [1.165, 1.54) is 19.3 Å². The molecule has 3 aromatic rings. The van der Waals surface area contributed by atoms with Crippen LogP contribution in [0.5, 0.6) is 11.5 Å². The van der Waals surface area contributed by atoms with Gasteiger partial charge in [0.15, 0.2) is 0 Å². The molecule has 4 rings (SSSR count). The first kappa shape index (κ1) is 36.7. The molecule has 4 N–H and O–H groups in total. The summed E-state index contributed by atoms with van der Waals surface area (Å²) in [6.07, 6.45) is 9.78. The number of benzene rings is 3. The number of amides is 3. The summed E-state index contributed by atoms with van der Waals surface area (Å²) in [5.41, 5.74) is 1.99. The molecular formula is C39H47N3O7. The highest BCUT2D eigenvalue weighted by Gasteiger charge is 2.24. The molecular weight excluding hydrogens is 622 g/mol. The molecule has 0 heterocycles. The molecule has 1 atom stereocenters. The van der Waals surface area contributed by atoms with Crippen LogP contribution in [0.3, 0.4) is 0 Å². The molecule has 1 fully saturated rings. The Morgan fingerprint density at radius 1 is 0.837 bits per heavy atom. The Morgan fingerprint density at radius 2 is 1.47 bits per heavy atom. The van der Waals surface area contributed by atoms with Gasteiger partial charge in [0.1, 0.15) is 23.3 Å². The number of hydrogen-bond donors (Lipinski definition) is 4. The molecule has 10 nitrogen and oxygen atoms in total. The summed E-state index contributed by atoms with van der Waals surface area (Å²) in [6, 6.07) is 19.0. The number of carbonyl (C=O) groups excluding carboxylic acids is 4. The number of hydrogen-bond acceptors (Lipinski definition) is 7. The maximum absolute atomic E-state index is 13.2. The lowest BCUT2D eigenvalue weighted by Crippen LogP contribution is -2.48. The molecule has 0 aliphatic heterocycles. The average molecular weight is 670 g/mol. The van der Waals surface area contributed by atoms with Gasteiger partial charge in [-0.2, -0.15) is 0 Å². The largest absolute Gasteiger partial charge is 0.511 e. The fraction of sp³-hybridized carbons (Fsp3) is 0.385. The maximum atomic E-state index is 13.2. The van der Waals surface area contributed by atoms with Crippen molar-refractivity contribution < 1.29 is 33.8 Å². The summed E-state index contributed by atoms with van der Waals surface area (Å²) in [5.74, 6) is -0.704. The van der Waals surface area contributed by atoms with Gasteiger partial charge in [-0.3, -0.25) is 14.4 Å². The fourth-order valence-corrected chi connectivity index (χ4v) is 5.58. The standard InChI is InChI=1S/C39H47N3O7/c1-3-4-5-6-9-24-48-33-22-16-31(17-23-33)39(47)49-34-20-12-28(13-21-34)25-35(38(46)40-26-27(2)43)42-37(45)30-14-18-32(19-15-30)41-36(44)29-10-7-8-11-29/h12-23,29,35,43H,2-11,24-26H2,1H3,(H,40,46)(H,41,44)(H,42,45)/t35-/m0/s1. The van der Waals surface area contributed by atoms with Crippen LogP contribution in [0.25, 0.3) is 0 Å².